The van der Waals surface area contributed by atoms with Crippen molar-refractivity contribution in [2.24, 2.45) is 0 Å². The second-order valence-corrected chi connectivity index (χ2v) is 6.04. The summed E-state index contributed by atoms with van der Waals surface area (Å²) < 4.78 is 13.6. The molecule has 1 aromatic heterocycles. The molecule has 2 aromatic rings. The third-order valence-corrected chi connectivity index (χ3v) is 4.25. The average Bonchev–Trinajstić information content (AvgIpc) is 2.62. The summed E-state index contributed by atoms with van der Waals surface area (Å²) in [4.78, 5) is 20.4. The van der Waals surface area contributed by atoms with E-state index in [2.05, 4.69) is 20.6 Å². The van der Waals surface area contributed by atoms with Gasteiger partial charge in [-0.2, -0.15) is 0 Å². The molecule has 6 heteroatoms. The van der Waals surface area contributed by atoms with Gasteiger partial charge in [-0.05, 0) is 18.9 Å². The van der Waals surface area contributed by atoms with E-state index in [-0.39, 0.29) is 24.0 Å². The first kappa shape index (κ1) is 16.4. The second-order valence-electron chi connectivity index (χ2n) is 6.04. The third-order valence-electron chi connectivity index (χ3n) is 4.25. The molecule has 0 radical (unpaired) electrons. The Labute approximate surface area is 140 Å². The number of hydrogen-bond donors (Lipinski definition) is 2. The van der Waals surface area contributed by atoms with Crippen LogP contribution in [0.15, 0.2) is 36.7 Å². The lowest BCUT2D eigenvalue weighted by Gasteiger charge is -2.23. The minimum absolute atomic E-state index is 0.126. The van der Waals surface area contributed by atoms with Gasteiger partial charge in [-0.1, -0.05) is 37.5 Å². The fourth-order valence-electron chi connectivity index (χ4n) is 2.92. The normalized spacial score (nSPS) is 15.0. The van der Waals surface area contributed by atoms with Crippen molar-refractivity contribution in [1.82, 2.24) is 15.3 Å². The van der Waals surface area contributed by atoms with Crippen LogP contribution in [0.2, 0.25) is 0 Å². The molecule has 1 aliphatic rings. The van der Waals surface area contributed by atoms with E-state index in [1.807, 2.05) is 0 Å². The molecule has 126 valence electrons. The van der Waals surface area contributed by atoms with Crippen molar-refractivity contribution in [1.29, 1.82) is 0 Å². The van der Waals surface area contributed by atoms with Gasteiger partial charge in [0, 0.05) is 24.2 Å². The highest BCUT2D eigenvalue weighted by molar-refractivity contribution is 5.92. The van der Waals surface area contributed by atoms with E-state index in [4.69, 9.17) is 0 Å². The summed E-state index contributed by atoms with van der Waals surface area (Å²) in [6, 6.07) is 8.42. The molecule has 0 spiro atoms. The van der Waals surface area contributed by atoms with Crippen LogP contribution in [0.4, 0.5) is 10.2 Å². The molecule has 1 amide bonds. The molecule has 1 saturated carbocycles. The molecule has 1 heterocycles. The lowest BCUT2D eigenvalue weighted by molar-refractivity contribution is 0.0945. The Morgan fingerprint density at radius 1 is 1.17 bits per heavy atom. The average molecular weight is 328 g/mol. The predicted octanol–water partition coefficient (Wildman–Crippen LogP) is 3.29. The number of hydrogen-bond acceptors (Lipinski definition) is 4. The van der Waals surface area contributed by atoms with Crippen molar-refractivity contribution in [3.8, 4) is 0 Å². The van der Waals surface area contributed by atoms with Gasteiger partial charge >= 0.3 is 0 Å². The quantitative estimate of drug-likeness (QED) is 0.884. The number of rotatable bonds is 5. The predicted molar refractivity (Wildman–Crippen MR) is 90.1 cm³/mol. The van der Waals surface area contributed by atoms with E-state index in [1.165, 1.54) is 31.7 Å². The molecule has 1 aliphatic carbocycles. The summed E-state index contributed by atoms with van der Waals surface area (Å²) in [5.74, 6) is -0.0135. The first-order valence-electron chi connectivity index (χ1n) is 8.32. The molecule has 0 saturated heterocycles. The van der Waals surface area contributed by atoms with Gasteiger partial charge in [-0.15, -0.1) is 0 Å². The number of halogens is 1. The standard InChI is InChI=1S/C18H21FN4O/c19-15-9-5-4-6-13(15)11-20-18(24)16-10-17(22-12-21-16)23-14-7-2-1-3-8-14/h4-6,9-10,12,14H,1-3,7-8,11H2,(H,20,24)(H,21,22,23). The van der Waals surface area contributed by atoms with Crippen LogP contribution in [0.5, 0.6) is 0 Å². The maximum atomic E-state index is 13.6. The topological polar surface area (TPSA) is 66.9 Å². The monoisotopic (exact) mass is 328 g/mol. The number of nitrogens with zero attached hydrogens (tertiary/aromatic N) is 2. The Bertz CT molecular complexity index is 701. The van der Waals surface area contributed by atoms with E-state index in [0.717, 1.165) is 12.8 Å². The minimum Gasteiger partial charge on any atom is -0.367 e. The number of carbonyl (C=O) groups excluding carboxylic acids is 1. The van der Waals surface area contributed by atoms with Crippen molar-refractivity contribution >= 4 is 11.7 Å². The van der Waals surface area contributed by atoms with Crippen LogP contribution in [0.1, 0.15) is 48.2 Å². The van der Waals surface area contributed by atoms with Crippen LogP contribution in [0.3, 0.4) is 0 Å². The Kier molecular flexibility index (Phi) is 5.36. The van der Waals surface area contributed by atoms with Gasteiger partial charge in [-0.25, -0.2) is 14.4 Å². The van der Waals surface area contributed by atoms with E-state index in [1.54, 1.807) is 24.3 Å². The number of nitrogens with one attached hydrogen (secondary N) is 2. The molecule has 0 bridgehead atoms. The fraction of sp³-hybridized carbons (Fsp3) is 0.389. The van der Waals surface area contributed by atoms with Crippen molar-refractivity contribution in [2.45, 2.75) is 44.7 Å². The zero-order valence-corrected chi connectivity index (χ0v) is 13.5. The lowest BCUT2D eigenvalue weighted by atomic mass is 9.95. The molecule has 0 aliphatic heterocycles. The molecule has 0 unspecified atom stereocenters. The summed E-state index contributed by atoms with van der Waals surface area (Å²) in [5, 5.41) is 6.06. The first-order chi connectivity index (χ1) is 11.7. The number of amides is 1. The molecule has 3 rings (SSSR count). The number of aromatic nitrogens is 2. The fourth-order valence-corrected chi connectivity index (χ4v) is 2.92. The van der Waals surface area contributed by atoms with Crippen LogP contribution < -0.4 is 10.6 Å². The van der Waals surface area contributed by atoms with E-state index in [0.29, 0.717) is 17.4 Å². The number of anilines is 1. The van der Waals surface area contributed by atoms with Crippen LogP contribution in [-0.2, 0) is 6.54 Å². The smallest absolute Gasteiger partial charge is 0.270 e. The highest BCUT2D eigenvalue weighted by Gasteiger charge is 2.15. The zero-order valence-electron chi connectivity index (χ0n) is 13.5. The van der Waals surface area contributed by atoms with E-state index >= 15 is 0 Å². The maximum Gasteiger partial charge on any atom is 0.270 e. The van der Waals surface area contributed by atoms with Gasteiger partial charge in [0.05, 0.1) is 0 Å². The molecule has 24 heavy (non-hydrogen) atoms. The minimum atomic E-state index is -0.340. The Balaban J connectivity index is 1.60. The van der Waals surface area contributed by atoms with Crippen molar-refractivity contribution < 1.29 is 9.18 Å². The van der Waals surface area contributed by atoms with Crippen LogP contribution in [0.25, 0.3) is 0 Å². The van der Waals surface area contributed by atoms with Gasteiger partial charge in [0.15, 0.2) is 0 Å². The lowest BCUT2D eigenvalue weighted by Crippen LogP contribution is -2.26. The summed E-state index contributed by atoms with van der Waals surface area (Å²) in [7, 11) is 0. The number of carbonyl (C=O) groups is 1. The van der Waals surface area contributed by atoms with Gasteiger partial charge in [0.2, 0.25) is 0 Å². The molecule has 2 N–H and O–H groups in total. The summed E-state index contributed by atoms with van der Waals surface area (Å²) >= 11 is 0. The highest BCUT2D eigenvalue weighted by Crippen LogP contribution is 2.20. The third kappa shape index (κ3) is 4.28. The molecule has 1 aromatic carbocycles. The van der Waals surface area contributed by atoms with Crippen LogP contribution in [0, 0.1) is 5.82 Å². The van der Waals surface area contributed by atoms with Gasteiger partial charge in [0.25, 0.3) is 5.91 Å². The van der Waals surface area contributed by atoms with Gasteiger partial charge in [-0.3, -0.25) is 4.79 Å². The van der Waals surface area contributed by atoms with Gasteiger partial charge in [0.1, 0.15) is 23.7 Å². The SMILES string of the molecule is O=C(NCc1ccccc1F)c1cc(NC2CCCCC2)ncn1. The summed E-state index contributed by atoms with van der Waals surface area (Å²) in [6.45, 7) is 0.126. The van der Waals surface area contributed by atoms with E-state index < -0.39 is 0 Å². The van der Waals surface area contributed by atoms with E-state index in [9.17, 15) is 9.18 Å². The van der Waals surface area contributed by atoms with Crippen molar-refractivity contribution in [2.75, 3.05) is 5.32 Å². The summed E-state index contributed by atoms with van der Waals surface area (Å²) in [6.07, 6.45) is 7.35. The highest BCUT2D eigenvalue weighted by atomic mass is 19.1. The Morgan fingerprint density at radius 3 is 2.75 bits per heavy atom. The Hall–Kier alpha value is -2.50. The Morgan fingerprint density at radius 2 is 1.96 bits per heavy atom. The molecular weight excluding hydrogens is 307 g/mol. The largest absolute Gasteiger partial charge is 0.367 e. The molecule has 0 atom stereocenters. The van der Waals surface area contributed by atoms with Crippen LogP contribution >= 0.6 is 0 Å². The van der Waals surface area contributed by atoms with Crippen molar-refractivity contribution in [3.05, 3.63) is 53.7 Å². The number of benzene rings is 1. The second kappa shape index (κ2) is 7.86. The molecule has 5 nitrogen and oxygen atoms in total. The maximum absolute atomic E-state index is 13.6. The first-order valence-corrected chi connectivity index (χ1v) is 8.32. The van der Waals surface area contributed by atoms with Gasteiger partial charge < -0.3 is 10.6 Å². The molecule has 1 fully saturated rings. The van der Waals surface area contributed by atoms with Crippen LogP contribution in [-0.4, -0.2) is 21.9 Å². The van der Waals surface area contributed by atoms with Crippen molar-refractivity contribution in [3.63, 3.8) is 0 Å². The zero-order chi connectivity index (χ0) is 16.8. The summed E-state index contributed by atoms with van der Waals surface area (Å²) in [5.41, 5.74) is 0.722. The molecular formula is C18H21FN4O.